The Hall–Kier alpha value is -3.44. The number of amides is 2. The number of hydrogen-bond donors (Lipinski definition) is 1. The molecule has 0 atom stereocenters. The summed E-state index contributed by atoms with van der Waals surface area (Å²) in [6, 6.07) is 18.6. The molecule has 4 nitrogen and oxygen atoms in total. The van der Waals surface area contributed by atoms with Gasteiger partial charge in [0.15, 0.2) is 0 Å². The first kappa shape index (κ1) is 19.9. The summed E-state index contributed by atoms with van der Waals surface area (Å²) in [4.78, 5) is 27.8. The molecular weight excluding hydrogens is 403 g/mol. The second-order valence-electron chi connectivity index (χ2n) is 7.10. The predicted octanol–water partition coefficient (Wildman–Crippen LogP) is 5.49. The fourth-order valence-corrected chi connectivity index (χ4v) is 3.69. The molecular formula is C24H18ClFN2O2. The third-order valence-electron chi connectivity index (χ3n) is 4.94. The zero-order chi connectivity index (χ0) is 21.4. The van der Waals surface area contributed by atoms with Gasteiger partial charge in [0.2, 0.25) is 0 Å². The van der Waals surface area contributed by atoms with Gasteiger partial charge in [0, 0.05) is 5.69 Å². The fourth-order valence-electron chi connectivity index (χ4n) is 3.51. The van der Waals surface area contributed by atoms with E-state index in [0.717, 1.165) is 22.1 Å². The fraction of sp³-hybridized carbons (Fsp3) is 0.0833. The molecule has 0 aromatic heterocycles. The van der Waals surface area contributed by atoms with Crippen molar-refractivity contribution in [2.75, 3.05) is 10.2 Å². The Morgan fingerprint density at radius 2 is 1.63 bits per heavy atom. The lowest BCUT2D eigenvalue weighted by atomic mass is 9.97. The monoisotopic (exact) mass is 420 g/mol. The summed E-state index contributed by atoms with van der Waals surface area (Å²) in [5.41, 5.74) is 3.90. The summed E-state index contributed by atoms with van der Waals surface area (Å²) >= 11 is 5.90. The highest BCUT2D eigenvalue weighted by molar-refractivity contribution is 6.46. The number of nitrogens with one attached hydrogen (secondary N) is 1. The number of nitrogens with zero attached hydrogens (tertiary/aromatic N) is 1. The lowest BCUT2D eigenvalue weighted by Gasteiger charge is -2.16. The molecule has 30 heavy (non-hydrogen) atoms. The summed E-state index contributed by atoms with van der Waals surface area (Å²) < 4.78 is 13.6. The summed E-state index contributed by atoms with van der Waals surface area (Å²) in [6.07, 6.45) is 0. The standard InChI is InChI=1S/C24H18ClFN2O2/c1-14-8-10-18(15(2)12-14)21-22(27-16-6-4-3-5-7-16)24(30)28(23(21)29)17-9-11-20(26)19(25)13-17/h3-13,27H,1-2H3. The number of hydrogen-bond acceptors (Lipinski definition) is 3. The van der Waals surface area contributed by atoms with E-state index in [1.165, 1.54) is 12.1 Å². The Morgan fingerprint density at radius 3 is 2.30 bits per heavy atom. The second-order valence-corrected chi connectivity index (χ2v) is 7.51. The first-order valence-corrected chi connectivity index (χ1v) is 9.72. The molecule has 0 saturated heterocycles. The zero-order valence-corrected chi connectivity index (χ0v) is 17.1. The maximum Gasteiger partial charge on any atom is 0.282 e. The van der Waals surface area contributed by atoms with Crippen LogP contribution in [-0.4, -0.2) is 11.8 Å². The molecule has 0 unspecified atom stereocenters. The molecule has 150 valence electrons. The van der Waals surface area contributed by atoms with Crippen molar-refractivity contribution in [1.82, 2.24) is 0 Å². The van der Waals surface area contributed by atoms with Gasteiger partial charge in [0.05, 0.1) is 16.3 Å². The molecule has 4 rings (SSSR count). The van der Waals surface area contributed by atoms with Crippen molar-refractivity contribution in [3.63, 3.8) is 0 Å². The van der Waals surface area contributed by atoms with Crippen LogP contribution in [0, 0.1) is 19.7 Å². The largest absolute Gasteiger partial charge is 0.350 e. The predicted molar refractivity (Wildman–Crippen MR) is 117 cm³/mol. The molecule has 0 fully saturated rings. The van der Waals surface area contributed by atoms with Gasteiger partial charge in [-0.2, -0.15) is 0 Å². The maximum atomic E-state index is 13.6. The van der Waals surface area contributed by atoms with E-state index in [4.69, 9.17) is 11.6 Å². The van der Waals surface area contributed by atoms with Crippen molar-refractivity contribution in [3.8, 4) is 0 Å². The van der Waals surface area contributed by atoms with Gasteiger partial charge in [-0.3, -0.25) is 9.59 Å². The van der Waals surface area contributed by atoms with Gasteiger partial charge in [-0.25, -0.2) is 9.29 Å². The van der Waals surface area contributed by atoms with Gasteiger partial charge < -0.3 is 5.32 Å². The first-order valence-electron chi connectivity index (χ1n) is 9.34. The molecule has 1 aliphatic rings. The lowest BCUT2D eigenvalue weighted by Crippen LogP contribution is -2.32. The Bertz CT molecular complexity index is 1210. The Balaban J connectivity index is 1.86. The van der Waals surface area contributed by atoms with E-state index in [-0.39, 0.29) is 22.0 Å². The molecule has 0 bridgehead atoms. The van der Waals surface area contributed by atoms with Crippen LogP contribution < -0.4 is 10.2 Å². The van der Waals surface area contributed by atoms with Crippen LogP contribution in [0.1, 0.15) is 16.7 Å². The van der Waals surface area contributed by atoms with Gasteiger partial charge >= 0.3 is 0 Å². The summed E-state index contributed by atoms with van der Waals surface area (Å²) in [5.74, 6) is -1.64. The molecule has 3 aromatic rings. The van der Waals surface area contributed by atoms with E-state index in [2.05, 4.69) is 5.32 Å². The van der Waals surface area contributed by atoms with Crippen molar-refractivity contribution >= 4 is 40.4 Å². The van der Waals surface area contributed by atoms with Crippen molar-refractivity contribution in [3.05, 3.63) is 100.0 Å². The minimum Gasteiger partial charge on any atom is -0.350 e. The molecule has 2 amide bonds. The third kappa shape index (κ3) is 3.48. The minimum absolute atomic E-state index is 0.161. The van der Waals surface area contributed by atoms with E-state index in [1.807, 2.05) is 62.4 Å². The van der Waals surface area contributed by atoms with Crippen LogP contribution in [0.2, 0.25) is 5.02 Å². The lowest BCUT2D eigenvalue weighted by molar-refractivity contribution is -0.120. The number of anilines is 2. The number of para-hydroxylation sites is 1. The Labute approximate surface area is 178 Å². The number of imide groups is 1. The molecule has 0 radical (unpaired) electrons. The van der Waals surface area contributed by atoms with E-state index in [1.54, 1.807) is 0 Å². The number of carbonyl (C=O) groups excluding carboxylic acids is 2. The zero-order valence-electron chi connectivity index (χ0n) is 16.4. The molecule has 0 saturated carbocycles. The second kappa shape index (κ2) is 7.76. The number of benzene rings is 3. The molecule has 0 aliphatic carbocycles. The Kier molecular flexibility index (Phi) is 5.14. The van der Waals surface area contributed by atoms with Crippen molar-refractivity contribution in [1.29, 1.82) is 0 Å². The highest BCUT2D eigenvalue weighted by Gasteiger charge is 2.40. The van der Waals surface area contributed by atoms with Gasteiger partial charge in [0.1, 0.15) is 11.5 Å². The van der Waals surface area contributed by atoms with Crippen molar-refractivity contribution < 1.29 is 14.0 Å². The number of aryl methyl sites for hydroxylation is 2. The minimum atomic E-state index is -0.621. The molecule has 1 heterocycles. The SMILES string of the molecule is Cc1ccc(C2=C(Nc3ccccc3)C(=O)N(c3ccc(F)c(Cl)c3)C2=O)c(C)c1. The maximum absolute atomic E-state index is 13.6. The van der Waals surface area contributed by atoms with E-state index in [9.17, 15) is 14.0 Å². The average molecular weight is 421 g/mol. The van der Waals surface area contributed by atoms with E-state index >= 15 is 0 Å². The van der Waals surface area contributed by atoms with Crippen LogP contribution in [0.15, 0.2) is 72.4 Å². The van der Waals surface area contributed by atoms with Crippen LogP contribution in [0.25, 0.3) is 5.57 Å². The molecule has 1 N–H and O–H groups in total. The van der Waals surface area contributed by atoms with Gasteiger partial charge in [0.25, 0.3) is 11.8 Å². The summed E-state index contributed by atoms with van der Waals surface area (Å²) in [6.45, 7) is 3.85. The highest BCUT2D eigenvalue weighted by atomic mass is 35.5. The summed E-state index contributed by atoms with van der Waals surface area (Å²) in [7, 11) is 0. The van der Waals surface area contributed by atoms with Crippen molar-refractivity contribution in [2.45, 2.75) is 13.8 Å². The van der Waals surface area contributed by atoms with E-state index < -0.39 is 17.6 Å². The van der Waals surface area contributed by atoms with Gasteiger partial charge in [-0.1, -0.05) is 53.6 Å². The quantitative estimate of drug-likeness (QED) is 0.567. The van der Waals surface area contributed by atoms with Crippen LogP contribution in [0.3, 0.4) is 0 Å². The first-order chi connectivity index (χ1) is 14.4. The van der Waals surface area contributed by atoms with Gasteiger partial charge in [-0.05, 0) is 55.3 Å². The highest BCUT2D eigenvalue weighted by Crippen LogP contribution is 2.36. The topological polar surface area (TPSA) is 49.4 Å². The molecule has 1 aliphatic heterocycles. The number of halogens is 2. The van der Waals surface area contributed by atoms with E-state index in [0.29, 0.717) is 11.3 Å². The third-order valence-corrected chi connectivity index (χ3v) is 5.23. The normalized spacial score (nSPS) is 13.9. The molecule has 6 heteroatoms. The number of rotatable bonds is 4. The summed E-state index contributed by atoms with van der Waals surface area (Å²) in [5, 5.41) is 2.94. The molecule has 0 spiro atoms. The smallest absolute Gasteiger partial charge is 0.282 e. The molecule has 3 aromatic carbocycles. The van der Waals surface area contributed by atoms with Crippen LogP contribution in [0.4, 0.5) is 15.8 Å². The van der Waals surface area contributed by atoms with Gasteiger partial charge in [-0.15, -0.1) is 0 Å². The van der Waals surface area contributed by atoms with Crippen LogP contribution in [0.5, 0.6) is 0 Å². The number of carbonyl (C=O) groups is 2. The van der Waals surface area contributed by atoms with Crippen LogP contribution in [-0.2, 0) is 9.59 Å². The van der Waals surface area contributed by atoms with Crippen molar-refractivity contribution in [2.24, 2.45) is 0 Å². The average Bonchev–Trinajstić information content (AvgIpc) is 2.95. The van der Waals surface area contributed by atoms with Crippen LogP contribution >= 0.6 is 11.6 Å². The Morgan fingerprint density at radius 1 is 0.900 bits per heavy atom.